The number of rotatable bonds is 7. The molecule has 0 aliphatic rings. The molecule has 0 aliphatic carbocycles. The molecule has 0 saturated carbocycles. The third kappa shape index (κ3) is 4.69. The normalized spacial score (nSPS) is 10.5. The lowest BCUT2D eigenvalue weighted by molar-refractivity contribution is 0.0998. The van der Waals surface area contributed by atoms with Gasteiger partial charge in [0.2, 0.25) is 0 Å². The molecule has 2 amide bonds. The number of benzene rings is 3. The highest BCUT2D eigenvalue weighted by Gasteiger charge is 2.16. The number of hydrogen-bond donors (Lipinski definition) is 3. The average Bonchev–Trinajstić information content (AvgIpc) is 2.84. The Morgan fingerprint density at radius 3 is 2.21 bits per heavy atom. The molecule has 1 heterocycles. The van der Waals surface area contributed by atoms with E-state index in [1.165, 1.54) is 6.20 Å². The van der Waals surface area contributed by atoms with Crippen LogP contribution in [0, 0.1) is 0 Å². The first-order chi connectivity index (χ1) is 16.0. The van der Waals surface area contributed by atoms with E-state index in [2.05, 4.69) is 15.6 Å². The second-order valence-electron chi connectivity index (χ2n) is 7.19. The van der Waals surface area contributed by atoms with Crippen LogP contribution in [0.15, 0.2) is 72.9 Å². The van der Waals surface area contributed by atoms with Gasteiger partial charge in [-0.15, -0.1) is 0 Å². The summed E-state index contributed by atoms with van der Waals surface area (Å²) in [4.78, 5) is 29.4. The zero-order chi connectivity index (χ0) is 23.4. The Hall–Kier alpha value is -4.59. The number of ether oxygens (including phenoxy) is 2. The number of nitrogens with one attached hydrogen (secondary N) is 2. The van der Waals surface area contributed by atoms with Gasteiger partial charge in [-0.25, -0.2) is 0 Å². The lowest BCUT2D eigenvalue weighted by atomic mass is 10.0. The van der Waals surface area contributed by atoms with E-state index in [9.17, 15) is 9.59 Å². The Morgan fingerprint density at radius 2 is 1.55 bits per heavy atom. The van der Waals surface area contributed by atoms with E-state index in [4.69, 9.17) is 15.2 Å². The number of anilines is 3. The average molecular weight is 442 g/mol. The van der Waals surface area contributed by atoms with Crippen LogP contribution in [-0.4, -0.2) is 31.0 Å². The molecule has 8 nitrogen and oxygen atoms in total. The SMILES string of the molecule is COc1cccc(NC(=O)c2ccc3ncc(C(N)=O)c(Nc4cccc(OC)c4)c3c2)c1. The number of nitrogens with zero attached hydrogens (tertiary/aromatic N) is 1. The Balaban J connectivity index is 1.75. The molecule has 0 radical (unpaired) electrons. The fourth-order valence-corrected chi connectivity index (χ4v) is 3.40. The number of fused-ring (bicyclic) bond motifs is 1. The van der Waals surface area contributed by atoms with Crippen molar-refractivity contribution >= 4 is 39.8 Å². The minimum Gasteiger partial charge on any atom is -0.497 e. The van der Waals surface area contributed by atoms with Gasteiger partial charge in [0.15, 0.2) is 0 Å². The first-order valence-electron chi connectivity index (χ1n) is 10.1. The number of nitrogens with two attached hydrogens (primary N) is 1. The van der Waals surface area contributed by atoms with Crippen molar-refractivity contribution in [2.75, 3.05) is 24.9 Å². The lowest BCUT2D eigenvalue weighted by Gasteiger charge is -2.15. The summed E-state index contributed by atoms with van der Waals surface area (Å²) in [7, 11) is 3.13. The van der Waals surface area contributed by atoms with Gasteiger partial charge in [-0.1, -0.05) is 12.1 Å². The van der Waals surface area contributed by atoms with Crippen LogP contribution in [0.2, 0.25) is 0 Å². The molecule has 0 saturated heterocycles. The van der Waals surface area contributed by atoms with E-state index >= 15 is 0 Å². The Kier molecular flexibility index (Phi) is 6.08. The summed E-state index contributed by atoms with van der Waals surface area (Å²) in [5, 5.41) is 6.66. The summed E-state index contributed by atoms with van der Waals surface area (Å²) >= 11 is 0. The number of carbonyl (C=O) groups excluding carboxylic acids is 2. The summed E-state index contributed by atoms with van der Waals surface area (Å²) in [5.41, 5.74) is 8.54. The largest absolute Gasteiger partial charge is 0.497 e. The van der Waals surface area contributed by atoms with Crippen molar-refractivity contribution < 1.29 is 19.1 Å². The molecule has 4 N–H and O–H groups in total. The molecule has 1 aromatic heterocycles. The van der Waals surface area contributed by atoms with Crippen LogP contribution in [-0.2, 0) is 0 Å². The number of amides is 2. The third-order valence-electron chi connectivity index (χ3n) is 5.06. The molecule has 0 bridgehead atoms. The molecule has 0 atom stereocenters. The van der Waals surface area contributed by atoms with Crippen molar-refractivity contribution in [2.24, 2.45) is 5.73 Å². The Morgan fingerprint density at radius 1 is 0.879 bits per heavy atom. The number of methoxy groups -OCH3 is 2. The summed E-state index contributed by atoms with van der Waals surface area (Å²) in [6, 6.07) is 19.4. The maximum Gasteiger partial charge on any atom is 0.255 e. The smallest absolute Gasteiger partial charge is 0.255 e. The van der Waals surface area contributed by atoms with Gasteiger partial charge in [-0.2, -0.15) is 0 Å². The van der Waals surface area contributed by atoms with E-state index in [1.54, 1.807) is 62.8 Å². The van der Waals surface area contributed by atoms with Gasteiger partial charge in [0.05, 0.1) is 31.0 Å². The molecular weight excluding hydrogens is 420 g/mol. The van der Waals surface area contributed by atoms with E-state index in [0.717, 1.165) is 0 Å². The number of pyridine rings is 1. The zero-order valence-electron chi connectivity index (χ0n) is 18.1. The van der Waals surface area contributed by atoms with Crippen molar-refractivity contribution in [1.82, 2.24) is 4.98 Å². The number of primary amides is 1. The van der Waals surface area contributed by atoms with Crippen molar-refractivity contribution in [2.45, 2.75) is 0 Å². The molecular formula is C25H22N4O4. The van der Waals surface area contributed by atoms with Gasteiger partial charge >= 0.3 is 0 Å². The van der Waals surface area contributed by atoms with Gasteiger partial charge in [0, 0.05) is 40.7 Å². The van der Waals surface area contributed by atoms with Crippen LogP contribution in [0.4, 0.5) is 17.1 Å². The van der Waals surface area contributed by atoms with E-state index in [1.807, 2.05) is 18.2 Å². The molecule has 4 rings (SSSR count). The summed E-state index contributed by atoms with van der Waals surface area (Å²) in [6.07, 6.45) is 1.42. The Bertz CT molecular complexity index is 1350. The summed E-state index contributed by atoms with van der Waals surface area (Å²) in [6.45, 7) is 0. The van der Waals surface area contributed by atoms with Crippen LogP contribution in [0.3, 0.4) is 0 Å². The predicted molar refractivity (Wildman–Crippen MR) is 127 cm³/mol. The second-order valence-corrected chi connectivity index (χ2v) is 7.19. The minimum atomic E-state index is -0.638. The van der Waals surface area contributed by atoms with Crippen molar-refractivity contribution in [3.63, 3.8) is 0 Å². The monoisotopic (exact) mass is 442 g/mol. The minimum absolute atomic E-state index is 0.204. The molecule has 4 aromatic rings. The predicted octanol–water partition coefficient (Wildman–Crippen LogP) is 4.35. The number of aromatic nitrogens is 1. The summed E-state index contributed by atoms with van der Waals surface area (Å²) in [5.74, 6) is 0.326. The van der Waals surface area contributed by atoms with Gasteiger partial charge in [0.1, 0.15) is 11.5 Å². The number of carbonyl (C=O) groups is 2. The molecule has 3 aromatic carbocycles. The highest BCUT2D eigenvalue weighted by molar-refractivity contribution is 6.11. The van der Waals surface area contributed by atoms with Gasteiger partial charge < -0.3 is 25.8 Å². The van der Waals surface area contributed by atoms with Gasteiger partial charge in [0.25, 0.3) is 11.8 Å². The number of hydrogen-bond acceptors (Lipinski definition) is 6. The van der Waals surface area contributed by atoms with E-state index in [-0.39, 0.29) is 11.5 Å². The van der Waals surface area contributed by atoms with Crippen LogP contribution >= 0.6 is 0 Å². The quantitative estimate of drug-likeness (QED) is 0.392. The first kappa shape index (κ1) is 21.6. The molecule has 0 aliphatic heterocycles. The topological polar surface area (TPSA) is 116 Å². The molecule has 0 unspecified atom stereocenters. The highest BCUT2D eigenvalue weighted by Crippen LogP contribution is 2.31. The van der Waals surface area contributed by atoms with Crippen molar-refractivity contribution in [3.05, 3.63) is 84.1 Å². The molecule has 0 fully saturated rings. The molecule has 0 spiro atoms. The fourth-order valence-electron chi connectivity index (χ4n) is 3.40. The maximum absolute atomic E-state index is 12.9. The van der Waals surface area contributed by atoms with Crippen LogP contribution in [0.1, 0.15) is 20.7 Å². The second kappa shape index (κ2) is 9.27. The van der Waals surface area contributed by atoms with Crippen LogP contribution in [0.5, 0.6) is 11.5 Å². The fraction of sp³-hybridized carbons (Fsp3) is 0.0800. The van der Waals surface area contributed by atoms with Gasteiger partial charge in [-0.05, 0) is 42.5 Å². The molecule has 33 heavy (non-hydrogen) atoms. The standard InChI is InChI=1S/C25H22N4O4/c1-32-18-7-3-5-16(12-18)28-23-20-11-15(9-10-22(20)27-14-21(23)24(26)30)25(31)29-17-6-4-8-19(13-17)33-2/h3-14H,1-2H3,(H2,26,30)(H,27,28)(H,29,31). The lowest BCUT2D eigenvalue weighted by Crippen LogP contribution is -2.15. The van der Waals surface area contributed by atoms with Crippen LogP contribution in [0.25, 0.3) is 10.9 Å². The van der Waals surface area contributed by atoms with Gasteiger partial charge in [-0.3, -0.25) is 14.6 Å². The highest BCUT2D eigenvalue weighted by atomic mass is 16.5. The van der Waals surface area contributed by atoms with Crippen molar-refractivity contribution in [1.29, 1.82) is 0 Å². The summed E-state index contributed by atoms with van der Waals surface area (Å²) < 4.78 is 10.5. The first-order valence-corrected chi connectivity index (χ1v) is 10.1. The van der Waals surface area contributed by atoms with Crippen LogP contribution < -0.4 is 25.8 Å². The van der Waals surface area contributed by atoms with E-state index < -0.39 is 5.91 Å². The third-order valence-corrected chi connectivity index (χ3v) is 5.06. The van der Waals surface area contributed by atoms with Crippen molar-refractivity contribution in [3.8, 4) is 11.5 Å². The van der Waals surface area contributed by atoms with E-state index in [0.29, 0.717) is 45.0 Å². The zero-order valence-corrected chi connectivity index (χ0v) is 18.1. The maximum atomic E-state index is 12.9. The molecule has 8 heteroatoms. The molecule has 166 valence electrons. The Labute approximate surface area is 190 Å².